The van der Waals surface area contributed by atoms with E-state index in [1.807, 2.05) is 0 Å². The number of anilines is 1. The van der Waals surface area contributed by atoms with Gasteiger partial charge in [0, 0.05) is 23.2 Å². The normalized spacial score (nSPS) is 15.2. The molecule has 2 aromatic rings. The Kier molecular flexibility index (Phi) is 5.94. The lowest BCUT2D eigenvalue weighted by molar-refractivity contribution is 0.102. The number of nitrogens with one attached hydrogen (secondary N) is 1. The smallest absolute Gasteiger partial charge is 0.257 e. The number of amides is 1. The third-order valence-corrected chi connectivity index (χ3v) is 7.26. The number of rotatable bonds is 4. The summed E-state index contributed by atoms with van der Waals surface area (Å²) in [6.07, 6.45) is 1.61. The largest absolute Gasteiger partial charge is 0.322 e. The lowest BCUT2D eigenvalue weighted by Crippen LogP contribution is -2.28. The SMILES string of the molecule is O=C(Nc1ccc(Br)cc1)c1cc(S(=O)(=O)N2CCCC2)c(Cl)cc1Cl. The van der Waals surface area contributed by atoms with E-state index in [1.54, 1.807) is 24.3 Å². The molecule has 0 saturated carbocycles. The molecule has 1 N–H and O–H groups in total. The predicted octanol–water partition coefficient (Wildman–Crippen LogP) is 4.79. The van der Waals surface area contributed by atoms with E-state index in [0.717, 1.165) is 17.3 Å². The van der Waals surface area contributed by atoms with Crippen molar-refractivity contribution in [3.63, 3.8) is 0 Å². The van der Waals surface area contributed by atoms with Crippen LogP contribution in [0.2, 0.25) is 10.0 Å². The van der Waals surface area contributed by atoms with Crippen molar-refractivity contribution >= 4 is 60.7 Å². The third-order valence-electron chi connectivity index (χ3n) is 4.05. The molecule has 9 heteroatoms. The first-order valence-corrected chi connectivity index (χ1v) is 10.8. The lowest BCUT2D eigenvalue weighted by Gasteiger charge is -2.17. The summed E-state index contributed by atoms with van der Waals surface area (Å²) in [5, 5.41) is 2.79. The second-order valence-electron chi connectivity index (χ2n) is 5.83. The van der Waals surface area contributed by atoms with Crippen LogP contribution in [0.4, 0.5) is 5.69 Å². The van der Waals surface area contributed by atoms with Gasteiger partial charge in [-0.05, 0) is 49.2 Å². The molecule has 1 aliphatic rings. The van der Waals surface area contributed by atoms with Crippen LogP contribution in [0.5, 0.6) is 0 Å². The molecule has 1 fully saturated rings. The number of hydrogen-bond donors (Lipinski definition) is 1. The molecule has 0 radical (unpaired) electrons. The van der Waals surface area contributed by atoms with Crippen LogP contribution in [0.1, 0.15) is 23.2 Å². The van der Waals surface area contributed by atoms with Crippen molar-refractivity contribution in [3.8, 4) is 0 Å². The Morgan fingerprint density at radius 1 is 1.04 bits per heavy atom. The fourth-order valence-electron chi connectivity index (χ4n) is 2.70. The van der Waals surface area contributed by atoms with Crippen LogP contribution in [0.15, 0.2) is 45.8 Å². The molecule has 0 aliphatic carbocycles. The molecule has 1 saturated heterocycles. The van der Waals surface area contributed by atoms with Crippen LogP contribution in [0, 0.1) is 0 Å². The number of carbonyl (C=O) groups is 1. The maximum absolute atomic E-state index is 12.8. The molecular weight excluding hydrogens is 463 g/mol. The molecule has 138 valence electrons. The minimum absolute atomic E-state index is 0.00194. The average Bonchev–Trinajstić information content (AvgIpc) is 3.12. The van der Waals surface area contributed by atoms with Gasteiger partial charge in [-0.2, -0.15) is 4.31 Å². The van der Waals surface area contributed by atoms with E-state index in [0.29, 0.717) is 18.8 Å². The second-order valence-corrected chi connectivity index (χ2v) is 9.47. The van der Waals surface area contributed by atoms with Crippen LogP contribution < -0.4 is 5.32 Å². The van der Waals surface area contributed by atoms with Crippen molar-refractivity contribution in [2.45, 2.75) is 17.7 Å². The zero-order chi connectivity index (χ0) is 18.9. The monoisotopic (exact) mass is 476 g/mol. The van der Waals surface area contributed by atoms with Crippen molar-refractivity contribution in [3.05, 3.63) is 56.5 Å². The lowest BCUT2D eigenvalue weighted by atomic mass is 10.2. The summed E-state index contributed by atoms with van der Waals surface area (Å²) in [4.78, 5) is 12.5. The Labute approximate surface area is 170 Å². The maximum atomic E-state index is 12.8. The molecule has 1 aliphatic heterocycles. The van der Waals surface area contributed by atoms with Crippen molar-refractivity contribution < 1.29 is 13.2 Å². The van der Waals surface area contributed by atoms with Crippen molar-refractivity contribution in [1.29, 1.82) is 0 Å². The first-order chi connectivity index (χ1) is 12.3. The number of sulfonamides is 1. The highest BCUT2D eigenvalue weighted by atomic mass is 79.9. The summed E-state index contributed by atoms with van der Waals surface area (Å²) in [5.41, 5.74) is 0.616. The van der Waals surface area contributed by atoms with Crippen LogP contribution in [-0.4, -0.2) is 31.7 Å². The Hall–Kier alpha value is -1.12. The Morgan fingerprint density at radius 3 is 2.27 bits per heavy atom. The van der Waals surface area contributed by atoms with E-state index in [2.05, 4.69) is 21.2 Å². The third kappa shape index (κ3) is 4.07. The summed E-state index contributed by atoms with van der Waals surface area (Å²) in [5.74, 6) is -0.508. The van der Waals surface area contributed by atoms with E-state index in [4.69, 9.17) is 23.2 Å². The molecule has 26 heavy (non-hydrogen) atoms. The zero-order valence-corrected chi connectivity index (χ0v) is 17.4. The molecule has 3 rings (SSSR count). The van der Waals surface area contributed by atoms with Gasteiger partial charge in [0.15, 0.2) is 0 Å². The molecule has 0 unspecified atom stereocenters. The first-order valence-electron chi connectivity index (χ1n) is 7.85. The quantitative estimate of drug-likeness (QED) is 0.688. The van der Waals surface area contributed by atoms with E-state index in [1.165, 1.54) is 16.4 Å². The Bertz CT molecular complexity index is 943. The molecule has 0 spiro atoms. The van der Waals surface area contributed by atoms with Crippen molar-refractivity contribution in [2.24, 2.45) is 0 Å². The van der Waals surface area contributed by atoms with Crippen molar-refractivity contribution in [2.75, 3.05) is 18.4 Å². The summed E-state index contributed by atoms with van der Waals surface area (Å²) < 4.78 is 27.8. The molecule has 2 aromatic carbocycles. The van der Waals surface area contributed by atoms with Gasteiger partial charge in [-0.1, -0.05) is 39.1 Å². The Balaban J connectivity index is 1.95. The van der Waals surface area contributed by atoms with Crippen LogP contribution in [0.25, 0.3) is 0 Å². The van der Waals surface area contributed by atoms with E-state index in [9.17, 15) is 13.2 Å². The van der Waals surface area contributed by atoms with Gasteiger partial charge in [0.1, 0.15) is 4.90 Å². The maximum Gasteiger partial charge on any atom is 0.257 e. The second kappa shape index (κ2) is 7.86. The zero-order valence-electron chi connectivity index (χ0n) is 13.5. The standard InChI is InChI=1S/C17H15BrCl2N2O3S/c18-11-3-5-12(6-4-11)21-17(23)13-9-16(15(20)10-14(13)19)26(24,25)22-7-1-2-8-22/h3-6,9-10H,1-2,7-8H2,(H,21,23). The molecule has 5 nitrogen and oxygen atoms in total. The summed E-state index contributed by atoms with van der Waals surface area (Å²) in [6.45, 7) is 0.892. The van der Waals surface area contributed by atoms with Gasteiger partial charge in [0.2, 0.25) is 10.0 Å². The van der Waals surface area contributed by atoms with Gasteiger partial charge < -0.3 is 5.32 Å². The van der Waals surface area contributed by atoms with Gasteiger partial charge in [0.25, 0.3) is 5.91 Å². The molecule has 0 bridgehead atoms. The first kappa shape index (κ1) is 19.6. The van der Waals surface area contributed by atoms with Gasteiger partial charge in [-0.15, -0.1) is 0 Å². The van der Waals surface area contributed by atoms with Gasteiger partial charge in [0.05, 0.1) is 15.6 Å². The number of nitrogens with zero attached hydrogens (tertiary/aromatic N) is 1. The topological polar surface area (TPSA) is 66.5 Å². The number of carbonyl (C=O) groups excluding carboxylic acids is 1. The average molecular weight is 478 g/mol. The number of hydrogen-bond acceptors (Lipinski definition) is 3. The fourth-order valence-corrected chi connectivity index (χ4v) is 5.32. The Morgan fingerprint density at radius 2 is 1.65 bits per heavy atom. The van der Waals surface area contributed by atoms with Crippen LogP contribution in [0.3, 0.4) is 0 Å². The fraction of sp³-hybridized carbons (Fsp3) is 0.235. The predicted molar refractivity (Wildman–Crippen MR) is 107 cm³/mol. The molecular formula is C17H15BrCl2N2O3S. The molecule has 0 atom stereocenters. The van der Waals surface area contributed by atoms with Crippen molar-refractivity contribution in [1.82, 2.24) is 4.31 Å². The highest BCUT2D eigenvalue weighted by Gasteiger charge is 2.30. The van der Waals surface area contributed by atoms with E-state index >= 15 is 0 Å². The van der Waals surface area contributed by atoms with E-state index < -0.39 is 15.9 Å². The minimum atomic E-state index is -3.76. The van der Waals surface area contributed by atoms with Gasteiger partial charge >= 0.3 is 0 Å². The molecule has 0 aromatic heterocycles. The van der Waals surface area contributed by atoms with Gasteiger partial charge in [-0.3, -0.25) is 4.79 Å². The van der Waals surface area contributed by atoms with Crippen LogP contribution in [-0.2, 0) is 10.0 Å². The number of benzene rings is 2. The summed E-state index contributed by atoms with van der Waals surface area (Å²) >= 11 is 15.6. The summed E-state index contributed by atoms with van der Waals surface area (Å²) in [6, 6.07) is 9.53. The highest BCUT2D eigenvalue weighted by molar-refractivity contribution is 9.10. The summed E-state index contributed by atoms with van der Waals surface area (Å²) in [7, 11) is -3.76. The highest BCUT2D eigenvalue weighted by Crippen LogP contribution is 2.32. The minimum Gasteiger partial charge on any atom is -0.322 e. The number of halogens is 3. The molecule has 1 amide bonds. The van der Waals surface area contributed by atoms with E-state index in [-0.39, 0.29) is 20.5 Å². The van der Waals surface area contributed by atoms with Crippen LogP contribution >= 0.6 is 39.1 Å². The molecule has 1 heterocycles. The van der Waals surface area contributed by atoms with Gasteiger partial charge in [-0.25, -0.2) is 8.42 Å².